The summed E-state index contributed by atoms with van der Waals surface area (Å²) in [6, 6.07) is 10.1. The van der Waals surface area contributed by atoms with Gasteiger partial charge < -0.3 is 20.0 Å². The first kappa shape index (κ1) is 20.6. The van der Waals surface area contributed by atoms with E-state index in [2.05, 4.69) is 10.6 Å². The molecule has 2 N–H and O–H groups in total. The largest absolute Gasteiger partial charge is 0.467 e. The molecule has 3 rings (SSSR count). The third kappa shape index (κ3) is 5.23. The van der Waals surface area contributed by atoms with Crippen LogP contribution in [0.15, 0.2) is 47.1 Å². The van der Waals surface area contributed by atoms with Crippen LogP contribution in [0, 0.1) is 0 Å². The first-order chi connectivity index (χ1) is 14.0. The second-order valence-corrected chi connectivity index (χ2v) is 7.22. The molecule has 154 valence electrons. The maximum absolute atomic E-state index is 12.6. The van der Waals surface area contributed by atoms with Gasteiger partial charge in [0.1, 0.15) is 5.76 Å². The molecule has 8 heteroatoms. The Morgan fingerprint density at radius 1 is 1.17 bits per heavy atom. The summed E-state index contributed by atoms with van der Waals surface area (Å²) in [7, 11) is 3.44. The van der Waals surface area contributed by atoms with Crippen LogP contribution in [-0.4, -0.2) is 60.7 Å². The first-order valence-electron chi connectivity index (χ1n) is 9.60. The van der Waals surface area contributed by atoms with Gasteiger partial charge in [-0.1, -0.05) is 12.1 Å². The van der Waals surface area contributed by atoms with Crippen LogP contribution < -0.4 is 10.6 Å². The van der Waals surface area contributed by atoms with Crippen LogP contribution in [-0.2, 0) is 16.1 Å². The Bertz CT molecular complexity index is 863. The minimum Gasteiger partial charge on any atom is -0.467 e. The van der Waals surface area contributed by atoms with E-state index in [0.29, 0.717) is 23.6 Å². The summed E-state index contributed by atoms with van der Waals surface area (Å²) in [5, 5.41) is 5.59. The molecule has 1 aliphatic heterocycles. The maximum Gasteiger partial charge on any atom is 0.253 e. The highest BCUT2D eigenvalue weighted by atomic mass is 16.3. The number of carbonyl (C=O) groups excluding carboxylic acids is 3. The highest BCUT2D eigenvalue weighted by Gasteiger charge is 2.32. The van der Waals surface area contributed by atoms with Gasteiger partial charge in [-0.25, -0.2) is 0 Å². The molecule has 29 heavy (non-hydrogen) atoms. The van der Waals surface area contributed by atoms with E-state index in [-0.39, 0.29) is 36.9 Å². The van der Waals surface area contributed by atoms with Crippen LogP contribution in [0.4, 0.5) is 5.69 Å². The maximum atomic E-state index is 12.6. The van der Waals surface area contributed by atoms with Gasteiger partial charge in [0.05, 0.1) is 36.6 Å². The average molecular weight is 398 g/mol. The molecule has 1 aliphatic rings. The summed E-state index contributed by atoms with van der Waals surface area (Å²) < 4.78 is 5.21. The van der Waals surface area contributed by atoms with E-state index < -0.39 is 0 Å². The molecular weight excluding hydrogens is 372 g/mol. The topological polar surface area (TPSA) is 94.9 Å². The van der Waals surface area contributed by atoms with E-state index >= 15 is 0 Å². The Morgan fingerprint density at radius 3 is 2.69 bits per heavy atom. The van der Waals surface area contributed by atoms with Gasteiger partial charge in [-0.3, -0.25) is 19.3 Å². The molecule has 1 aromatic heterocycles. The van der Waals surface area contributed by atoms with Gasteiger partial charge in [0.25, 0.3) is 5.91 Å². The van der Waals surface area contributed by atoms with Crippen LogP contribution in [0.1, 0.15) is 29.0 Å². The Labute approximate surface area is 169 Å². The molecule has 0 bridgehead atoms. The predicted octanol–water partition coefficient (Wildman–Crippen LogP) is 1.70. The van der Waals surface area contributed by atoms with Crippen LogP contribution in [0.25, 0.3) is 0 Å². The van der Waals surface area contributed by atoms with E-state index in [0.717, 1.165) is 12.8 Å². The third-order valence-corrected chi connectivity index (χ3v) is 4.89. The molecule has 0 saturated carbocycles. The van der Waals surface area contributed by atoms with E-state index in [1.165, 1.54) is 0 Å². The zero-order valence-electron chi connectivity index (χ0n) is 16.7. The van der Waals surface area contributed by atoms with Gasteiger partial charge >= 0.3 is 0 Å². The quantitative estimate of drug-likeness (QED) is 0.740. The lowest BCUT2D eigenvalue weighted by atomic mass is 10.1. The monoisotopic (exact) mass is 398 g/mol. The number of likely N-dealkylation sites (tertiary alicyclic amines) is 1. The summed E-state index contributed by atoms with van der Waals surface area (Å²) in [6.07, 6.45) is 3.17. The van der Waals surface area contributed by atoms with Crippen molar-refractivity contribution in [2.75, 3.05) is 32.5 Å². The van der Waals surface area contributed by atoms with Gasteiger partial charge in [-0.15, -0.1) is 0 Å². The number of amides is 3. The number of carbonyl (C=O) groups is 3. The number of nitrogens with zero attached hydrogens (tertiary/aromatic N) is 2. The standard InChI is InChI=1S/C21H26N4O4/c1-24(2)21(28)18-10-5-11-25(18)14-19(26)23-17-9-4-3-8-16(17)20(27)22-13-15-7-6-12-29-15/h3-4,6-9,12,18H,5,10-11,13-14H2,1-2H3,(H,22,27)(H,23,26). The SMILES string of the molecule is CN(C)C(=O)C1CCCN1CC(=O)Nc1ccccc1C(=O)NCc1ccco1. The molecule has 8 nitrogen and oxygen atoms in total. The normalized spacial score (nSPS) is 16.4. The lowest BCUT2D eigenvalue weighted by molar-refractivity contribution is -0.133. The Hall–Kier alpha value is -3.13. The number of hydrogen-bond donors (Lipinski definition) is 2. The van der Waals surface area contributed by atoms with E-state index in [1.807, 2.05) is 4.90 Å². The smallest absolute Gasteiger partial charge is 0.253 e. The summed E-state index contributed by atoms with van der Waals surface area (Å²) in [5.41, 5.74) is 0.805. The van der Waals surface area contributed by atoms with Crippen molar-refractivity contribution in [1.29, 1.82) is 0 Å². The van der Waals surface area contributed by atoms with Crippen molar-refractivity contribution >= 4 is 23.4 Å². The lowest BCUT2D eigenvalue weighted by Gasteiger charge is -2.25. The molecule has 0 spiro atoms. The van der Waals surface area contributed by atoms with Crippen LogP contribution in [0.2, 0.25) is 0 Å². The number of hydrogen-bond acceptors (Lipinski definition) is 5. The fraction of sp³-hybridized carbons (Fsp3) is 0.381. The van der Waals surface area contributed by atoms with Gasteiger partial charge in [-0.2, -0.15) is 0 Å². The van der Waals surface area contributed by atoms with Crippen LogP contribution in [0.3, 0.4) is 0 Å². The fourth-order valence-corrected chi connectivity index (χ4v) is 3.43. The summed E-state index contributed by atoms with van der Waals surface area (Å²) in [6.45, 7) is 1.06. The molecule has 2 heterocycles. The molecule has 1 fully saturated rings. The molecule has 0 aliphatic carbocycles. The second-order valence-electron chi connectivity index (χ2n) is 7.22. The van der Waals surface area contributed by atoms with E-state index in [9.17, 15) is 14.4 Å². The number of para-hydroxylation sites is 1. The Morgan fingerprint density at radius 2 is 1.97 bits per heavy atom. The number of likely N-dealkylation sites (N-methyl/N-ethyl adjacent to an activating group) is 1. The van der Waals surface area contributed by atoms with Gasteiger partial charge in [-0.05, 0) is 43.7 Å². The highest BCUT2D eigenvalue weighted by Crippen LogP contribution is 2.20. The second kappa shape index (κ2) is 9.38. The Balaban J connectivity index is 1.62. The third-order valence-electron chi connectivity index (χ3n) is 4.89. The first-order valence-corrected chi connectivity index (χ1v) is 9.60. The number of anilines is 1. The Kier molecular flexibility index (Phi) is 6.66. The van der Waals surface area contributed by atoms with E-state index in [1.54, 1.807) is 61.7 Å². The van der Waals surface area contributed by atoms with Crippen LogP contribution >= 0.6 is 0 Å². The number of nitrogens with one attached hydrogen (secondary N) is 2. The van der Waals surface area contributed by atoms with Gasteiger partial charge in [0.2, 0.25) is 11.8 Å². The summed E-state index contributed by atoms with van der Waals surface area (Å²) in [4.78, 5) is 40.9. The van der Waals surface area contributed by atoms with Crippen molar-refractivity contribution in [3.63, 3.8) is 0 Å². The number of rotatable bonds is 7. The zero-order valence-corrected chi connectivity index (χ0v) is 16.7. The number of furan rings is 1. The molecule has 1 aromatic carbocycles. The summed E-state index contributed by atoms with van der Waals surface area (Å²) in [5.74, 6) is 0.0902. The molecular formula is C21H26N4O4. The van der Waals surface area contributed by atoms with E-state index in [4.69, 9.17) is 4.42 Å². The molecule has 2 aromatic rings. The highest BCUT2D eigenvalue weighted by molar-refractivity contribution is 6.04. The van der Waals surface area contributed by atoms with Crippen molar-refractivity contribution in [3.8, 4) is 0 Å². The molecule has 0 radical (unpaired) electrons. The molecule has 1 unspecified atom stereocenters. The van der Waals surface area contributed by atoms with Gasteiger partial charge in [0.15, 0.2) is 0 Å². The van der Waals surface area contributed by atoms with Crippen molar-refractivity contribution < 1.29 is 18.8 Å². The zero-order chi connectivity index (χ0) is 20.8. The molecule has 1 saturated heterocycles. The number of benzene rings is 1. The molecule has 3 amide bonds. The predicted molar refractivity (Wildman–Crippen MR) is 108 cm³/mol. The van der Waals surface area contributed by atoms with Gasteiger partial charge in [0, 0.05) is 14.1 Å². The van der Waals surface area contributed by atoms with Crippen molar-refractivity contribution in [2.24, 2.45) is 0 Å². The lowest BCUT2D eigenvalue weighted by Crippen LogP contribution is -2.45. The minimum absolute atomic E-state index is 0.00741. The van der Waals surface area contributed by atoms with Crippen molar-refractivity contribution in [2.45, 2.75) is 25.4 Å². The average Bonchev–Trinajstić information content (AvgIpc) is 3.37. The fourth-order valence-electron chi connectivity index (χ4n) is 3.43. The minimum atomic E-state index is -0.306. The van der Waals surface area contributed by atoms with Crippen molar-refractivity contribution in [3.05, 3.63) is 54.0 Å². The van der Waals surface area contributed by atoms with Crippen LogP contribution in [0.5, 0.6) is 0 Å². The summed E-state index contributed by atoms with van der Waals surface area (Å²) >= 11 is 0. The molecule has 1 atom stereocenters. The van der Waals surface area contributed by atoms with Crippen molar-refractivity contribution in [1.82, 2.24) is 15.1 Å².